The summed E-state index contributed by atoms with van der Waals surface area (Å²) in [6.45, 7) is 3.45. The molecule has 1 fully saturated rings. The van der Waals surface area contributed by atoms with Crippen LogP contribution in [0.15, 0.2) is 48.6 Å². The molecule has 1 rings (SSSR count). The average Bonchev–Trinajstić information content (AvgIpc) is 3.37. The number of carbonyl (C=O) groups is 1. The molecule has 0 aliphatic carbocycles. The summed E-state index contributed by atoms with van der Waals surface area (Å²) >= 11 is 0. The van der Waals surface area contributed by atoms with E-state index in [1.165, 1.54) is 161 Å². The number of hydrogen-bond acceptors (Lipinski definition) is 10. The van der Waals surface area contributed by atoms with Crippen LogP contribution >= 0.6 is 0 Å². The van der Waals surface area contributed by atoms with Crippen LogP contribution in [0.2, 0.25) is 0 Å². The summed E-state index contributed by atoms with van der Waals surface area (Å²) in [7, 11) is 0. The van der Waals surface area contributed by atoms with E-state index < -0.39 is 74.2 Å². The number of nitrogens with one attached hydrogen (secondary N) is 1. The third-order valence-corrected chi connectivity index (χ3v) is 14.1. The molecule has 1 saturated heterocycles. The number of unbranched alkanes of at least 4 members (excludes halogenated alkanes) is 30. The van der Waals surface area contributed by atoms with Crippen LogP contribution in [-0.2, 0) is 14.3 Å². The van der Waals surface area contributed by atoms with E-state index >= 15 is 0 Å². The van der Waals surface area contributed by atoms with Gasteiger partial charge in [-0.2, -0.15) is 0 Å². The molecule has 9 atom stereocenters. The van der Waals surface area contributed by atoms with E-state index in [4.69, 9.17) is 9.47 Å². The Labute approximate surface area is 434 Å². The van der Waals surface area contributed by atoms with E-state index in [0.717, 1.165) is 51.4 Å². The first-order valence-corrected chi connectivity index (χ1v) is 29.5. The third kappa shape index (κ3) is 37.5. The summed E-state index contributed by atoms with van der Waals surface area (Å²) in [5.41, 5.74) is 0. The molecule has 11 nitrogen and oxygen atoms in total. The average molecular weight is 1010 g/mol. The number of allylic oxidation sites excluding steroid dienone is 8. The van der Waals surface area contributed by atoms with E-state index in [1.807, 2.05) is 0 Å². The first kappa shape index (κ1) is 67.1. The summed E-state index contributed by atoms with van der Waals surface area (Å²) in [5.74, 6) is -0.712. The van der Waals surface area contributed by atoms with E-state index in [2.05, 4.69) is 67.8 Å². The number of rotatable bonds is 50. The highest BCUT2D eigenvalue weighted by atomic mass is 16.7. The highest BCUT2D eigenvalue weighted by molar-refractivity contribution is 5.80. The van der Waals surface area contributed by atoms with Crippen LogP contribution in [0.1, 0.15) is 258 Å². The van der Waals surface area contributed by atoms with Crippen LogP contribution in [-0.4, -0.2) is 110 Å². The Hall–Kier alpha value is -1.93. The quantitative estimate of drug-likeness (QED) is 0.0215. The Kier molecular flexibility index (Phi) is 46.3. The summed E-state index contributed by atoms with van der Waals surface area (Å²) in [6.07, 6.45) is 50.2. The van der Waals surface area contributed by atoms with Crippen LogP contribution in [0.25, 0.3) is 0 Å². The second kappa shape index (κ2) is 49.0. The molecule has 1 heterocycles. The fourth-order valence-corrected chi connectivity index (χ4v) is 9.25. The maximum Gasteiger partial charge on any atom is 0.249 e. The Morgan fingerprint density at radius 1 is 0.493 bits per heavy atom. The van der Waals surface area contributed by atoms with Crippen LogP contribution < -0.4 is 5.32 Å². The lowest BCUT2D eigenvalue weighted by Crippen LogP contribution is -2.60. The van der Waals surface area contributed by atoms with Crippen molar-refractivity contribution in [3.05, 3.63) is 48.6 Å². The number of amides is 1. The first-order chi connectivity index (χ1) is 34.7. The van der Waals surface area contributed by atoms with Crippen molar-refractivity contribution in [1.29, 1.82) is 0 Å². The normalized spacial score (nSPS) is 20.5. The summed E-state index contributed by atoms with van der Waals surface area (Å²) in [5, 5.41) is 76.1. The summed E-state index contributed by atoms with van der Waals surface area (Å²) in [4.78, 5) is 13.2. The molecule has 8 N–H and O–H groups in total. The van der Waals surface area contributed by atoms with Gasteiger partial charge in [-0.05, 0) is 83.5 Å². The van der Waals surface area contributed by atoms with Crippen LogP contribution in [0.4, 0.5) is 0 Å². The molecule has 11 heteroatoms. The molecule has 71 heavy (non-hydrogen) atoms. The number of aliphatic hydroxyl groups excluding tert-OH is 7. The summed E-state index contributed by atoms with van der Waals surface area (Å²) in [6, 6.07) is -1.19. The van der Waals surface area contributed by atoms with Crippen molar-refractivity contribution >= 4 is 5.91 Å². The first-order valence-electron chi connectivity index (χ1n) is 29.5. The molecule has 0 saturated carbocycles. The molecule has 1 amide bonds. The van der Waals surface area contributed by atoms with Gasteiger partial charge in [0.25, 0.3) is 0 Å². The van der Waals surface area contributed by atoms with Gasteiger partial charge >= 0.3 is 0 Å². The van der Waals surface area contributed by atoms with Gasteiger partial charge in [0.05, 0.1) is 25.4 Å². The Bertz CT molecular complexity index is 1290. The minimum Gasteiger partial charge on any atom is -0.394 e. The standard InChI is InChI=1S/C60H111NO10/c1-3-5-7-9-11-13-15-17-19-21-23-24-25-26-27-28-29-30-32-34-36-38-40-42-44-46-48-53(64)59(69)61-51(50-70-60-58(68)57(67)56(66)54(49-62)71-60)55(65)52(63)47-45-43-41-39-37-35-33-31-22-20-18-16-14-12-10-8-6-4-2/h23-24,26-27,31,33,39,41,51-58,60,62-68H,3-22,25,28-30,32,34-38,40,42-50H2,1-2H3,(H,61,69)/b24-23-,27-26-,33-31+,41-39+. The van der Waals surface area contributed by atoms with Gasteiger partial charge in [0.15, 0.2) is 6.29 Å². The van der Waals surface area contributed by atoms with Crippen molar-refractivity contribution in [1.82, 2.24) is 5.32 Å². The molecular formula is C60H111NO10. The molecule has 1 aliphatic rings. The minimum atomic E-state index is -1.67. The molecule has 416 valence electrons. The number of carbonyl (C=O) groups excluding carboxylic acids is 1. The van der Waals surface area contributed by atoms with Gasteiger partial charge in [0.1, 0.15) is 36.6 Å². The van der Waals surface area contributed by atoms with Gasteiger partial charge in [-0.1, -0.05) is 223 Å². The van der Waals surface area contributed by atoms with E-state index in [-0.39, 0.29) is 12.8 Å². The van der Waals surface area contributed by atoms with Crippen LogP contribution in [0.3, 0.4) is 0 Å². The lowest BCUT2D eigenvalue weighted by Gasteiger charge is -2.40. The molecule has 0 bridgehead atoms. The van der Waals surface area contributed by atoms with Gasteiger partial charge in [-0.25, -0.2) is 0 Å². The molecule has 0 spiro atoms. The maximum absolute atomic E-state index is 13.2. The molecule has 9 unspecified atom stereocenters. The molecule has 0 aromatic carbocycles. The lowest BCUT2D eigenvalue weighted by molar-refractivity contribution is -0.303. The fourth-order valence-electron chi connectivity index (χ4n) is 9.25. The van der Waals surface area contributed by atoms with Gasteiger partial charge in [0, 0.05) is 0 Å². The zero-order chi connectivity index (χ0) is 51.8. The predicted octanol–water partition coefficient (Wildman–Crippen LogP) is 12.5. The largest absolute Gasteiger partial charge is 0.394 e. The molecule has 1 aliphatic heterocycles. The minimum absolute atomic E-state index is 0.245. The van der Waals surface area contributed by atoms with Gasteiger partial charge in [-0.15, -0.1) is 0 Å². The molecular weight excluding hydrogens is 895 g/mol. The second-order valence-corrected chi connectivity index (χ2v) is 20.7. The van der Waals surface area contributed by atoms with Crippen molar-refractivity contribution in [2.75, 3.05) is 13.2 Å². The third-order valence-electron chi connectivity index (χ3n) is 14.1. The molecule has 0 aromatic rings. The van der Waals surface area contributed by atoms with Crippen molar-refractivity contribution in [2.24, 2.45) is 0 Å². The number of aliphatic hydroxyl groups is 7. The van der Waals surface area contributed by atoms with Gasteiger partial charge in [0.2, 0.25) is 5.91 Å². The second-order valence-electron chi connectivity index (χ2n) is 20.7. The number of ether oxygens (including phenoxy) is 2. The van der Waals surface area contributed by atoms with Crippen molar-refractivity contribution in [3.8, 4) is 0 Å². The predicted molar refractivity (Wildman–Crippen MR) is 293 cm³/mol. The highest BCUT2D eigenvalue weighted by Gasteiger charge is 2.44. The van der Waals surface area contributed by atoms with Crippen LogP contribution in [0.5, 0.6) is 0 Å². The zero-order valence-corrected chi connectivity index (χ0v) is 45.5. The monoisotopic (exact) mass is 1010 g/mol. The van der Waals surface area contributed by atoms with Crippen molar-refractivity contribution in [2.45, 2.75) is 313 Å². The smallest absolute Gasteiger partial charge is 0.249 e. The SMILES string of the molecule is CCCCCCCCCCC/C=C\C/C=C\CCCCCCCCCCCCC(O)C(=O)NC(COC1OC(CO)C(O)C(O)C1O)C(O)C(O)CCC/C=C/CC/C=C/CCCCCCCCCCC. The topological polar surface area (TPSA) is 189 Å². The van der Waals surface area contributed by atoms with Crippen molar-refractivity contribution < 1.29 is 50.0 Å². The number of hydrogen-bond donors (Lipinski definition) is 8. The zero-order valence-electron chi connectivity index (χ0n) is 45.5. The van der Waals surface area contributed by atoms with E-state index in [1.54, 1.807) is 0 Å². The highest BCUT2D eigenvalue weighted by Crippen LogP contribution is 2.23. The Morgan fingerprint density at radius 3 is 1.34 bits per heavy atom. The molecule has 0 radical (unpaired) electrons. The Morgan fingerprint density at radius 2 is 0.887 bits per heavy atom. The van der Waals surface area contributed by atoms with Crippen LogP contribution in [0, 0.1) is 0 Å². The summed E-state index contributed by atoms with van der Waals surface area (Å²) < 4.78 is 11.1. The van der Waals surface area contributed by atoms with E-state index in [0.29, 0.717) is 19.3 Å². The maximum atomic E-state index is 13.2. The molecule has 0 aromatic heterocycles. The van der Waals surface area contributed by atoms with Gasteiger partial charge < -0.3 is 50.5 Å². The van der Waals surface area contributed by atoms with Crippen molar-refractivity contribution in [3.63, 3.8) is 0 Å². The van der Waals surface area contributed by atoms with E-state index in [9.17, 15) is 40.5 Å². The van der Waals surface area contributed by atoms with Gasteiger partial charge in [-0.3, -0.25) is 4.79 Å². The lowest BCUT2D eigenvalue weighted by atomic mass is 9.98. The fraction of sp³-hybridized carbons (Fsp3) is 0.850. The Balaban J connectivity index is 2.32.